The van der Waals surface area contributed by atoms with E-state index in [1.54, 1.807) is 0 Å². The molecule has 1 aromatic carbocycles. The largest absolute Gasteiger partial charge is 0.490 e. The molecule has 2 aliphatic rings. The van der Waals surface area contributed by atoms with Gasteiger partial charge in [0.05, 0.1) is 0 Å². The summed E-state index contributed by atoms with van der Waals surface area (Å²) < 4.78 is 63.5. The van der Waals surface area contributed by atoms with Gasteiger partial charge in [0.25, 0.3) is 0 Å². The zero-order valence-corrected chi connectivity index (χ0v) is 18.6. The Hall–Kier alpha value is -2.50. The predicted molar refractivity (Wildman–Crippen MR) is 114 cm³/mol. The van der Waals surface area contributed by atoms with E-state index in [1.165, 1.54) is 76.9 Å². The van der Waals surface area contributed by atoms with Gasteiger partial charge in [-0.05, 0) is 30.9 Å². The minimum atomic E-state index is -5.08. The molecule has 1 saturated carbocycles. The van der Waals surface area contributed by atoms with E-state index in [1.807, 2.05) is 0 Å². The third kappa shape index (κ3) is 12.1. The molecular weight excluding hydrogens is 470 g/mol. The highest BCUT2D eigenvalue weighted by molar-refractivity contribution is 5.73. The van der Waals surface area contributed by atoms with Gasteiger partial charge in [-0.1, -0.05) is 43.9 Å². The highest BCUT2D eigenvalue weighted by atomic mass is 19.4. The molecule has 194 valence electrons. The van der Waals surface area contributed by atoms with E-state index in [0.717, 1.165) is 5.92 Å². The molecule has 0 unspecified atom stereocenters. The van der Waals surface area contributed by atoms with Gasteiger partial charge in [0.1, 0.15) is 0 Å². The van der Waals surface area contributed by atoms with Crippen molar-refractivity contribution in [2.24, 2.45) is 5.92 Å². The van der Waals surface area contributed by atoms with Gasteiger partial charge >= 0.3 is 24.3 Å². The highest BCUT2D eigenvalue weighted by Gasteiger charge is 2.38. The van der Waals surface area contributed by atoms with Crippen molar-refractivity contribution in [2.75, 3.05) is 37.6 Å². The van der Waals surface area contributed by atoms with Gasteiger partial charge in [-0.25, -0.2) is 9.59 Å². The number of halogens is 6. The first-order valence-corrected chi connectivity index (χ1v) is 10.9. The van der Waals surface area contributed by atoms with Crippen molar-refractivity contribution in [3.63, 3.8) is 0 Å². The molecule has 1 aliphatic heterocycles. The second-order valence-corrected chi connectivity index (χ2v) is 8.09. The molecule has 1 aromatic rings. The summed E-state index contributed by atoms with van der Waals surface area (Å²) in [6.45, 7) is 6.22. The van der Waals surface area contributed by atoms with Crippen LogP contribution in [0.1, 0.15) is 38.5 Å². The molecular formula is C22H30F6N2O4. The number of hydrogen-bond acceptors (Lipinski definition) is 4. The number of rotatable bonds is 3. The Kier molecular flexibility index (Phi) is 12.2. The van der Waals surface area contributed by atoms with Crippen LogP contribution in [0.25, 0.3) is 0 Å². The maximum absolute atomic E-state index is 10.6. The number of aliphatic carboxylic acids is 2. The van der Waals surface area contributed by atoms with E-state index in [0.29, 0.717) is 0 Å². The molecule has 0 aromatic heterocycles. The first-order valence-electron chi connectivity index (χ1n) is 10.9. The number of nitrogens with zero attached hydrogens (tertiary/aromatic N) is 2. The zero-order valence-electron chi connectivity index (χ0n) is 18.6. The number of carboxylic acid groups (broad SMARTS) is 2. The number of hydrogen-bond donors (Lipinski definition) is 2. The minimum Gasteiger partial charge on any atom is -0.475 e. The fourth-order valence-electron chi connectivity index (χ4n) is 3.74. The molecule has 0 atom stereocenters. The van der Waals surface area contributed by atoms with Crippen molar-refractivity contribution >= 4 is 17.6 Å². The topological polar surface area (TPSA) is 81.1 Å². The van der Waals surface area contributed by atoms with E-state index < -0.39 is 24.3 Å². The molecule has 0 amide bonds. The highest BCUT2D eigenvalue weighted by Crippen LogP contribution is 2.24. The second-order valence-electron chi connectivity index (χ2n) is 8.09. The van der Waals surface area contributed by atoms with Crippen LogP contribution in [0.3, 0.4) is 0 Å². The molecule has 2 N–H and O–H groups in total. The molecule has 12 heteroatoms. The van der Waals surface area contributed by atoms with Crippen LogP contribution in [0, 0.1) is 5.92 Å². The van der Waals surface area contributed by atoms with Crippen molar-refractivity contribution in [2.45, 2.75) is 50.9 Å². The molecule has 0 bridgehead atoms. The lowest BCUT2D eigenvalue weighted by Crippen LogP contribution is -2.47. The third-order valence-corrected chi connectivity index (χ3v) is 5.47. The van der Waals surface area contributed by atoms with Gasteiger partial charge in [0, 0.05) is 38.4 Å². The van der Waals surface area contributed by atoms with Gasteiger partial charge < -0.3 is 15.1 Å². The Bertz CT molecular complexity index is 703. The molecule has 1 saturated heterocycles. The summed E-state index contributed by atoms with van der Waals surface area (Å²) in [4.78, 5) is 23.0. The zero-order chi connectivity index (χ0) is 25.8. The van der Waals surface area contributed by atoms with Gasteiger partial charge in [-0.15, -0.1) is 0 Å². The van der Waals surface area contributed by atoms with E-state index in [2.05, 4.69) is 40.1 Å². The maximum Gasteiger partial charge on any atom is 0.490 e. The fraction of sp³-hybridized carbons (Fsp3) is 0.636. The summed E-state index contributed by atoms with van der Waals surface area (Å²) in [6.07, 6.45) is -1.35. The fourth-order valence-corrected chi connectivity index (χ4v) is 3.74. The maximum atomic E-state index is 10.6. The number of anilines is 1. The van der Waals surface area contributed by atoms with Crippen LogP contribution in [0.15, 0.2) is 30.3 Å². The molecule has 1 aliphatic carbocycles. The van der Waals surface area contributed by atoms with Crippen molar-refractivity contribution in [3.8, 4) is 0 Å². The van der Waals surface area contributed by atoms with Crippen LogP contribution < -0.4 is 4.90 Å². The summed E-state index contributed by atoms with van der Waals surface area (Å²) in [7, 11) is 0. The van der Waals surface area contributed by atoms with Crippen LogP contribution in [0.4, 0.5) is 32.0 Å². The van der Waals surface area contributed by atoms with Crippen LogP contribution in [-0.2, 0) is 9.59 Å². The number of carboxylic acids is 2. The lowest BCUT2D eigenvalue weighted by atomic mass is 9.99. The number of alkyl halides is 6. The van der Waals surface area contributed by atoms with Crippen molar-refractivity contribution < 1.29 is 46.1 Å². The molecule has 6 nitrogen and oxygen atoms in total. The summed E-state index contributed by atoms with van der Waals surface area (Å²) in [5.74, 6) is -4.54. The molecule has 34 heavy (non-hydrogen) atoms. The van der Waals surface area contributed by atoms with Crippen LogP contribution >= 0.6 is 0 Å². The smallest absolute Gasteiger partial charge is 0.475 e. The van der Waals surface area contributed by atoms with E-state index in [-0.39, 0.29) is 0 Å². The standard InChI is InChI=1S/C18H28N2.2C2HF3O2/c1-2-5-9-17(8-4-1)16-19-12-14-20(15-13-19)18-10-6-3-7-11-18;2*3-2(4,5)1(6)7/h3,6-7,10-11,17H,1-2,4-5,8-9,12-16H2;2*(H,6,7). The number of para-hydroxylation sites is 1. The molecule has 3 rings (SSSR count). The average molecular weight is 500 g/mol. The Morgan fingerprint density at radius 3 is 1.56 bits per heavy atom. The second kappa shape index (κ2) is 14.0. The number of piperazine rings is 1. The van der Waals surface area contributed by atoms with Crippen molar-refractivity contribution in [1.82, 2.24) is 4.90 Å². The molecule has 0 radical (unpaired) electrons. The van der Waals surface area contributed by atoms with Crippen LogP contribution in [-0.4, -0.2) is 72.1 Å². The van der Waals surface area contributed by atoms with E-state index in [4.69, 9.17) is 19.8 Å². The average Bonchev–Trinajstić information content (AvgIpc) is 3.03. The SMILES string of the molecule is O=C(O)C(F)(F)F.O=C(O)C(F)(F)F.c1ccc(N2CCN(CC3CCCCCC3)CC2)cc1. The predicted octanol–water partition coefficient (Wildman–Crippen LogP) is 5.05. The third-order valence-electron chi connectivity index (χ3n) is 5.47. The summed E-state index contributed by atoms with van der Waals surface area (Å²) >= 11 is 0. The Morgan fingerprint density at radius 2 is 1.18 bits per heavy atom. The molecule has 2 fully saturated rings. The number of carbonyl (C=O) groups is 2. The lowest BCUT2D eigenvalue weighted by molar-refractivity contribution is -0.193. The molecule has 1 heterocycles. The van der Waals surface area contributed by atoms with Crippen molar-refractivity contribution in [3.05, 3.63) is 30.3 Å². The normalized spacial score (nSPS) is 18.0. The Balaban J connectivity index is 0.000000343. The summed E-state index contributed by atoms with van der Waals surface area (Å²) in [6, 6.07) is 10.9. The first-order chi connectivity index (χ1) is 15.8. The Morgan fingerprint density at radius 1 is 0.765 bits per heavy atom. The van der Waals surface area contributed by atoms with Crippen LogP contribution in [0.5, 0.6) is 0 Å². The monoisotopic (exact) mass is 500 g/mol. The van der Waals surface area contributed by atoms with Gasteiger partial charge in [0.2, 0.25) is 0 Å². The summed E-state index contributed by atoms with van der Waals surface area (Å²) in [5.41, 5.74) is 1.39. The summed E-state index contributed by atoms with van der Waals surface area (Å²) in [5, 5.41) is 14.2. The number of benzene rings is 1. The van der Waals surface area contributed by atoms with E-state index in [9.17, 15) is 26.3 Å². The minimum absolute atomic E-state index is 0.973. The quantitative estimate of drug-likeness (QED) is 0.447. The first kappa shape index (κ1) is 29.5. The van der Waals surface area contributed by atoms with Gasteiger partial charge in [-0.3, -0.25) is 4.90 Å². The van der Waals surface area contributed by atoms with Gasteiger partial charge in [-0.2, -0.15) is 26.3 Å². The molecule has 0 spiro atoms. The lowest BCUT2D eigenvalue weighted by Gasteiger charge is -2.37. The Labute approximate surface area is 194 Å². The van der Waals surface area contributed by atoms with Gasteiger partial charge in [0.15, 0.2) is 0 Å². The van der Waals surface area contributed by atoms with Crippen molar-refractivity contribution in [1.29, 1.82) is 0 Å². The van der Waals surface area contributed by atoms with E-state index >= 15 is 0 Å². The van der Waals surface area contributed by atoms with Crippen LogP contribution in [0.2, 0.25) is 0 Å².